The molecule has 18 heavy (non-hydrogen) atoms. The Hall–Kier alpha value is -2.04. The van der Waals surface area contributed by atoms with Crippen molar-refractivity contribution in [3.63, 3.8) is 0 Å². The first-order valence-corrected chi connectivity index (χ1v) is 6.01. The maximum atomic E-state index is 12.4. The number of para-hydroxylation sites is 1. The molecule has 0 aromatic heterocycles. The number of ether oxygens (including phenoxy) is 1. The van der Waals surface area contributed by atoms with Crippen LogP contribution < -0.4 is 10.2 Å². The van der Waals surface area contributed by atoms with Gasteiger partial charge in [0.2, 0.25) is 0 Å². The van der Waals surface area contributed by atoms with Crippen LogP contribution in [-0.4, -0.2) is 30.7 Å². The lowest BCUT2D eigenvalue weighted by atomic mass is 10.1. The maximum absolute atomic E-state index is 12.4. The molecule has 1 aromatic rings. The molecule has 2 atom stereocenters. The molecule has 0 bridgehead atoms. The lowest BCUT2D eigenvalue weighted by Crippen LogP contribution is -2.47. The summed E-state index contributed by atoms with van der Waals surface area (Å²) in [5.74, 6) is -0.0988. The number of nitrogens with one attached hydrogen (secondary N) is 1. The topological polar surface area (TPSA) is 58.6 Å². The van der Waals surface area contributed by atoms with E-state index in [9.17, 15) is 9.59 Å². The molecule has 0 radical (unpaired) electrons. The van der Waals surface area contributed by atoms with Gasteiger partial charge in [-0.25, -0.2) is 4.79 Å². The van der Waals surface area contributed by atoms with Crippen LogP contribution in [0.4, 0.5) is 10.5 Å². The van der Waals surface area contributed by atoms with Crippen LogP contribution in [-0.2, 0) is 16.0 Å². The normalized spacial score (nSPS) is 25.6. The van der Waals surface area contributed by atoms with Crippen molar-refractivity contribution in [2.24, 2.45) is 0 Å². The Balaban J connectivity index is 1.88. The van der Waals surface area contributed by atoms with Gasteiger partial charge in [-0.3, -0.25) is 4.79 Å². The van der Waals surface area contributed by atoms with Crippen molar-refractivity contribution in [1.29, 1.82) is 0 Å². The predicted molar refractivity (Wildman–Crippen MR) is 65.4 cm³/mol. The zero-order chi connectivity index (χ0) is 12.7. The van der Waals surface area contributed by atoms with E-state index in [-0.39, 0.29) is 18.6 Å². The van der Waals surface area contributed by atoms with Crippen molar-refractivity contribution in [2.45, 2.75) is 25.4 Å². The number of cyclic esters (lactones) is 1. The highest BCUT2D eigenvalue weighted by molar-refractivity contribution is 6.01. The molecule has 2 aliphatic rings. The molecule has 0 aliphatic carbocycles. The van der Waals surface area contributed by atoms with Gasteiger partial charge in [-0.1, -0.05) is 18.2 Å². The number of carbonyl (C=O) groups is 2. The van der Waals surface area contributed by atoms with Crippen molar-refractivity contribution in [2.75, 3.05) is 11.5 Å². The van der Waals surface area contributed by atoms with E-state index in [1.165, 1.54) is 5.56 Å². The maximum Gasteiger partial charge on any atom is 0.407 e. The molecule has 0 spiro atoms. The highest BCUT2D eigenvalue weighted by Crippen LogP contribution is 2.32. The molecular formula is C13H14N2O3. The summed E-state index contributed by atoms with van der Waals surface area (Å²) < 4.78 is 4.77. The number of hydrogen-bond acceptors (Lipinski definition) is 3. The molecule has 5 nitrogen and oxygen atoms in total. The van der Waals surface area contributed by atoms with Gasteiger partial charge in [0, 0.05) is 11.7 Å². The standard InChI is InChI=1S/C13H14N2O3/c1-8-6-9-4-2-3-5-11(9)15(8)12(16)10-7-18-13(17)14-10/h2-5,8,10H,6-7H2,1H3,(H,14,17). The van der Waals surface area contributed by atoms with Gasteiger partial charge in [-0.05, 0) is 25.0 Å². The Morgan fingerprint density at radius 2 is 2.22 bits per heavy atom. The Morgan fingerprint density at radius 3 is 2.94 bits per heavy atom. The molecule has 2 unspecified atom stereocenters. The lowest BCUT2D eigenvalue weighted by molar-refractivity contribution is -0.120. The largest absolute Gasteiger partial charge is 0.447 e. The second-order valence-electron chi connectivity index (χ2n) is 4.69. The van der Waals surface area contributed by atoms with Crippen molar-refractivity contribution in [3.05, 3.63) is 29.8 Å². The fraction of sp³-hybridized carbons (Fsp3) is 0.385. The molecule has 2 heterocycles. The summed E-state index contributed by atoms with van der Waals surface area (Å²) in [5, 5.41) is 2.53. The van der Waals surface area contributed by atoms with Crippen LogP contribution in [0.25, 0.3) is 0 Å². The van der Waals surface area contributed by atoms with Crippen LogP contribution in [0, 0.1) is 0 Å². The third-order valence-corrected chi connectivity index (χ3v) is 3.42. The van der Waals surface area contributed by atoms with E-state index >= 15 is 0 Å². The third-order valence-electron chi connectivity index (χ3n) is 3.42. The molecule has 3 rings (SSSR count). The van der Waals surface area contributed by atoms with Crippen LogP contribution >= 0.6 is 0 Å². The van der Waals surface area contributed by atoms with Crippen LogP contribution in [0.2, 0.25) is 0 Å². The first-order valence-electron chi connectivity index (χ1n) is 6.01. The highest BCUT2D eigenvalue weighted by atomic mass is 16.6. The van der Waals surface area contributed by atoms with Gasteiger partial charge in [0.15, 0.2) is 0 Å². The van der Waals surface area contributed by atoms with Crippen molar-refractivity contribution >= 4 is 17.7 Å². The molecule has 5 heteroatoms. The van der Waals surface area contributed by atoms with E-state index in [4.69, 9.17) is 4.74 Å². The fourth-order valence-electron chi connectivity index (χ4n) is 2.59. The summed E-state index contributed by atoms with van der Waals surface area (Å²) in [6.07, 6.45) is 0.331. The molecule has 94 valence electrons. The Kier molecular flexibility index (Phi) is 2.47. The minimum absolute atomic E-state index is 0.0988. The highest BCUT2D eigenvalue weighted by Gasteiger charge is 2.38. The number of anilines is 1. The molecule has 1 N–H and O–H groups in total. The minimum atomic E-state index is -0.564. The average Bonchev–Trinajstić information content (AvgIpc) is 2.91. The van der Waals surface area contributed by atoms with E-state index < -0.39 is 12.1 Å². The van der Waals surface area contributed by atoms with Crippen molar-refractivity contribution < 1.29 is 14.3 Å². The van der Waals surface area contributed by atoms with Gasteiger partial charge in [-0.15, -0.1) is 0 Å². The summed E-state index contributed by atoms with van der Waals surface area (Å²) in [5.41, 5.74) is 2.11. The van der Waals surface area contributed by atoms with E-state index in [2.05, 4.69) is 5.32 Å². The number of amides is 2. The number of rotatable bonds is 1. The minimum Gasteiger partial charge on any atom is -0.447 e. The van der Waals surface area contributed by atoms with Gasteiger partial charge in [-0.2, -0.15) is 0 Å². The van der Waals surface area contributed by atoms with E-state index in [0.717, 1.165) is 12.1 Å². The quantitative estimate of drug-likeness (QED) is 0.806. The molecule has 2 amide bonds. The number of alkyl carbamates (subject to hydrolysis) is 1. The number of hydrogen-bond donors (Lipinski definition) is 1. The van der Waals surface area contributed by atoms with Crippen LogP contribution in [0.3, 0.4) is 0 Å². The predicted octanol–water partition coefficient (Wildman–Crippen LogP) is 1.07. The van der Waals surface area contributed by atoms with E-state index in [0.29, 0.717) is 0 Å². The van der Waals surface area contributed by atoms with Crippen molar-refractivity contribution in [3.8, 4) is 0 Å². The Bertz CT molecular complexity index is 515. The zero-order valence-corrected chi connectivity index (χ0v) is 10.1. The Morgan fingerprint density at radius 1 is 1.44 bits per heavy atom. The SMILES string of the molecule is CC1Cc2ccccc2N1C(=O)C1COC(=O)N1. The van der Waals surface area contributed by atoms with Crippen LogP contribution in [0.15, 0.2) is 24.3 Å². The number of nitrogens with zero attached hydrogens (tertiary/aromatic N) is 1. The molecule has 1 fully saturated rings. The summed E-state index contributed by atoms with van der Waals surface area (Å²) in [6.45, 7) is 2.12. The lowest BCUT2D eigenvalue weighted by Gasteiger charge is -2.24. The second-order valence-corrected chi connectivity index (χ2v) is 4.69. The number of carbonyl (C=O) groups excluding carboxylic acids is 2. The van der Waals surface area contributed by atoms with E-state index in [1.54, 1.807) is 4.90 Å². The molecular weight excluding hydrogens is 232 g/mol. The van der Waals surface area contributed by atoms with Crippen LogP contribution in [0.1, 0.15) is 12.5 Å². The smallest absolute Gasteiger partial charge is 0.407 e. The molecule has 2 aliphatic heterocycles. The first kappa shape index (κ1) is 11.1. The Labute approximate surface area is 105 Å². The summed E-state index contributed by atoms with van der Waals surface area (Å²) >= 11 is 0. The molecule has 1 saturated heterocycles. The summed E-state index contributed by atoms with van der Waals surface area (Å²) in [6, 6.07) is 7.41. The van der Waals surface area contributed by atoms with Gasteiger partial charge in [0.05, 0.1) is 0 Å². The van der Waals surface area contributed by atoms with Crippen LogP contribution in [0.5, 0.6) is 0 Å². The zero-order valence-electron chi connectivity index (χ0n) is 10.1. The van der Waals surface area contributed by atoms with Gasteiger partial charge >= 0.3 is 6.09 Å². The molecule has 0 saturated carbocycles. The monoisotopic (exact) mass is 246 g/mol. The first-order chi connectivity index (χ1) is 8.66. The summed E-state index contributed by atoms with van der Waals surface area (Å²) in [4.78, 5) is 25.2. The van der Waals surface area contributed by atoms with Gasteiger partial charge in [0.25, 0.3) is 5.91 Å². The molecule has 1 aromatic carbocycles. The van der Waals surface area contributed by atoms with Gasteiger partial charge < -0.3 is 15.0 Å². The average molecular weight is 246 g/mol. The van der Waals surface area contributed by atoms with Gasteiger partial charge in [0.1, 0.15) is 12.6 Å². The summed E-state index contributed by atoms with van der Waals surface area (Å²) in [7, 11) is 0. The van der Waals surface area contributed by atoms with Crippen molar-refractivity contribution in [1.82, 2.24) is 5.32 Å². The number of fused-ring (bicyclic) bond motifs is 1. The van der Waals surface area contributed by atoms with E-state index in [1.807, 2.05) is 31.2 Å². The second kappa shape index (κ2) is 4.01. The fourth-order valence-corrected chi connectivity index (χ4v) is 2.59. The third kappa shape index (κ3) is 1.63. The number of benzene rings is 1.